The van der Waals surface area contributed by atoms with E-state index in [2.05, 4.69) is 41.7 Å². The molecule has 2 aromatic carbocycles. The van der Waals surface area contributed by atoms with Crippen LogP contribution in [0.5, 0.6) is 0 Å². The van der Waals surface area contributed by atoms with Gasteiger partial charge in [0.05, 0.1) is 12.9 Å². The summed E-state index contributed by atoms with van der Waals surface area (Å²) in [5.74, 6) is 0.824. The summed E-state index contributed by atoms with van der Waals surface area (Å²) in [6.07, 6.45) is 2.42. The van der Waals surface area contributed by atoms with Gasteiger partial charge in [0.1, 0.15) is 0 Å². The molecule has 0 aliphatic heterocycles. The SMILES string of the molecule is C/C=N/NC(=O)c1ccc(Cc2ccc(C)cc2)cc1.COC(C)=C(C)C. The Hall–Kier alpha value is -2.88. The summed E-state index contributed by atoms with van der Waals surface area (Å²) < 4.78 is 4.89. The van der Waals surface area contributed by atoms with Crippen LogP contribution in [0.4, 0.5) is 0 Å². The summed E-state index contributed by atoms with van der Waals surface area (Å²) in [6.45, 7) is 9.84. The lowest BCUT2D eigenvalue weighted by molar-refractivity contribution is 0.0955. The van der Waals surface area contributed by atoms with Gasteiger partial charge in [-0.15, -0.1) is 0 Å². The number of carbonyl (C=O) groups is 1. The zero-order valence-corrected chi connectivity index (χ0v) is 17.2. The van der Waals surface area contributed by atoms with Gasteiger partial charge in [0, 0.05) is 11.8 Å². The van der Waals surface area contributed by atoms with E-state index in [0.29, 0.717) is 5.56 Å². The van der Waals surface area contributed by atoms with Crippen molar-refractivity contribution in [2.24, 2.45) is 5.10 Å². The Balaban J connectivity index is 0.000000445. The van der Waals surface area contributed by atoms with E-state index in [9.17, 15) is 4.79 Å². The number of benzene rings is 2. The molecule has 0 saturated heterocycles. The van der Waals surface area contributed by atoms with Gasteiger partial charge in [-0.2, -0.15) is 5.10 Å². The maximum atomic E-state index is 11.7. The molecule has 2 aromatic rings. The van der Waals surface area contributed by atoms with Crippen molar-refractivity contribution in [3.05, 3.63) is 82.1 Å². The number of rotatable bonds is 5. The van der Waals surface area contributed by atoms with E-state index in [1.54, 1.807) is 20.2 Å². The van der Waals surface area contributed by atoms with Crippen molar-refractivity contribution in [2.45, 2.75) is 41.0 Å². The van der Waals surface area contributed by atoms with Crippen LogP contribution in [-0.2, 0) is 11.2 Å². The molecular formula is C23H30N2O2. The molecule has 0 bridgehead atoms. The molecule has 0 aromatic heterocycles. The van der Waals surface area contributed by atoms with E-state index in [0.717, 1.165) is 12.2 Å². The minimum atomic E-state index is -0.190. The van der Waals surface area contributed by atoms with Crippen molar-refractivity contribution in [2.75, 3.05) is 7.11 Å². The normalized spacial score (nSPS) is 10.0. The third kappa shape index (κ3) is 8.36. The van der Waals surface area contributed by atoms with Crippen molar-refractivity contribution in [1.82, 2.24) is 5.43 Å². The number of aryl methyl sites for hydroxylation is 1. The Morgan fingerprint density at radius 3 is 1.93 bits per heavy atom. The van der Waals surface area contributed by atoms with Gasteiger partial charge >= 0.3 is 0 Å². The number of allylic oxidation sites excluding steroid dienone is 2. The summed E-state index contributed by atoms with van der Waals surface area (Å²) >= 11 is 0. The van der Waals surface area contributed by atoms with Crippen LogP contribution in [0.1, 0.15) is 54.7 Å². The average molecular weight is 367 g/mol. The molecule has 144 valence electrons. The number of nitrogens with one attached hydrogen (secondary N) is 1. The lowest BCUT2D eigenvalue weighted by Crippen LogP contribution is -2.17. The second-order valence-corrected chi connectivity index (χ2v) is 6.45. The summed E-state index contributed by atoms with van der Waals surface area (Å²) in [7, 11) is 1.68. The Labute approximate surface area is 163 Å². The molecule has 1 amide bonds. The standard InChI is InChI=1S/C17H18N2O.C6H12O/c1-3-18-19-17(20)16-10-8-15(9-11-16)12-14-6-4-13(2)5-7-14;1-5(2)6(3)7-4/h3-11H,12H2,1-2H3,(H,19,20);1-4H3/b18-3+;. The number of hydrazone groups is 1. The topological polar surface area (TPSA) is 50.7 Å². The van der Waals surface area contributed by atoms with Gasteiger partial charge in [0.25, 0.3) is 5.91 Å². The van der Waals surface area contributed by atoms with Crippen molar-refractivity contribution in [1.29, 1.82) is 0 Å². The van der Waals surface area contributed by atoms with E-state index in [-0.39, 0.29) is 5.91 Å². The summed E-state index contributed by atoms with van der Waals surface area (Å²) in [4.78, 5) is 11.7. The van der Waals surface area contributed by atoms with Crippen LogP contribution in [0.3, 0.4) is 0 Å². The maximum Gasteiger partial charge on any atom is 0.271 e. The molecule has 2 rings (SSSR count). The van der Waals surface area contributed by atoms with Crippen molar-refractivity contribution >= 4 is 12.1 Å². The highest BCUT2D eigenvalue weighted by molar-refractivity contribution is 5.94. The Bertz CT molecular complexity index is 769. The highest BCUT2D eigenvalue weighted by Crippen LogP contribution is 2.12. The van der Waals surface area contributed by atoms with Gasteiger partial charge in [-0.1, -0.05) is 42.0 Å². The van der Waals surface area contributed by atoms with E-state index in [1.165, 1.54) is 22.3 Å². The molecule has 0 unspecified atom stereocenters. The van der Waals surface area contributed by atoms with Crippen molar-refractivity contribution < 1.29 is 9.53 Å². The number of hydrogen-bond acceptors (Lipinski definition) is 3. The smallest absolute Gasteiger partial charge is 0.271 e. The van der Waals surface area contributed by atoms with Gasteiger partial charge in [0.2, 0.25) is 0 Å². The Morgan fingerprint density at radius 1 is 1.00 bits per heavy atom. The number of amides is 1. The van der Waals surface area contributed by atoms with Gasteiger partial charge in [-0.05, 0) is 69.9 Å². The second-order valence-electron chi connectivity index (χ2n) is 6.45. The van der Waals surface area contributed by atoms with Gasteiger partial charge in [0.15, 0.2) is 0 Å². The summed E-state index contributed by atoms with van der Waals surface area (Å²) in [5, 5.41) is 3.72. The summed E-state index contributed by atoms with van der Waals surface area (Å²) in [5.41, 5.74) is 8.02. The van der Waals surface area contributed by atoms with E-state index >= 15 is 0 Å². The largest absolute Gasteiger partial charge is 0.501 e. The number of carbonyl (C=O) groups excluding carboxylic acids is 1. The second kappa shape index (κ2) is 11.7. The molecule has 0 fully saturated rings. The van der Waals surface area contributed by atoms with Crippen LogP contribution in [-0.4, -0.2) is 19.2 Å². The predicted molar refractivity (Wildman–Crippen MR) is 113 cm³/mol. The van der Waals surface area contributed by atoms with E-state index in [4.69, 9.17) is 4.74 Å². The number of hydrogen-bond donors (Lipinski definition) is 1. The van der Waals surface area contributed by atoms with Crippen LogP contribution in [0.15, 0.2) is 65.0 Å². The molecule has 0 aliphatic rings. The third-order valence-corrected chi connectivity index (χ3v) is 4.05. The van der Waals surface area contributed by atoms with Crippen LogP contribution in [0, 0.1) is 6.92 Å². The molecule has 27 heavy (non-hydrogen) atoms. The molecule has 0 saturated carbocycles. The predicted octanol–water partition coefficient (Wildman–Crippen LogP) is 5.27. The fourth-order valence-electron chi connectivity index (χ4n) is 2.11. The van der Waals surface area contributed by atoms with Gasteiger partial charge in [-0.25, -0.2) is 5.43 Å². The fourth-order valence-corrected chi connectivity index (χ4v) is 2.11. The lowest BCUT2D eigenvalue weighted by atomic mass is 10.0. The van der Waals surface area contributed by atoms with Crippen molar-refractivity contribution in [3.8, 4) is 0 Å². The fraction of sp³-hybridized carbons (Fsp3) is 0.304. The first-order valence-electron chi connectivity index (χ1n) is 8.98. The Morgan fingerprint density at radius 2 is 1.52 bits per heavy atom. The monoisotopic (exact) mass is 366 g/mol. The minimum absolute atomic E-state index is 0.190. The molecular weight excluding hydrogens is 336 g/mol. The van der Waals surface area contributed by atoms with E-state index in [1.807, 2.05) is 45.0 Å². The molecule has 0 radical (unpaired) electrons. The number of nitrogens with zero attached hydrogens (tertiary/aromatic N) is 1. The lowest BCUT2D eigenvalue weighted by Gasteiger charge is -2.04. The van der Waals surface area contributed by atoms with Crippen molar-refractivity contribution in [3.63, 3.8) is 0 Å². The zero-order chi connectivity index (χ0) is 20.2. The number of methoxy groups -OCH3 is 1. The van der Waals surface area contributed by atoms with Gasteiger partial charge < -0.3 is 4.74 Å². The first kappa shape index (κ1) is 22.2. The molecule has 0 spiro atoms. The first-order valence-corrected chi connectivity index (χ1v) is 8.98. The maximum absolute atomic E-state index is 11.7. The molecule has 4 nitrogen and oxygen atoms in total. The first-order chi connectivity index (χ1) is 12.9. The van der Waals surface area contributed by atoms with Crippen LogP contribution >= 0.6 is 0 Å². The highest BCUT2D eigenvalue weighted by atomic mass is 16.5. The zero-order valence-electron chi connectivity index (χ0n) is 17.2. The molecule has 4 heteroatoms. The third-order valence-electron chi connectivity index (χ3n) is 4.05. The number of ether oxygens (including phenoxy) is 1. The minimum Gasteiger partial charge on any atom is -0.501 e. The van der Waals surface area contributed by atoms with Crippen LogP contribution in [0.25, 0.3) is 0 Å². The molecule has 0 aliphatic carbocycles. The Kier molecular flexibility index (Phi) is 9.59. The molecule has 0 heterocycles. The summed E-state index contributed by atoms with van der Waals surface area (Å²) in [6, 6.07) is 16.1. The average Bonchev–Trinajstić information content (AvgIpc) is 2.68. The van der Waals surface area contributed by atoms with Crippen LogP contribution in [0.2, 0.25) is 0 Å². The van der Waals surface area contributed by atoms with Crippen LogP contribution < -0.4 is 5.43 Å². The highest BCUT2D eigenvalue weighted by Gasteiger charge is 2.04. The quantitative estimate of drug-likeness (QED) is 0.445. The molecule has 0 atom stereocenters. The van der Waals surface area contributed by atoms with Gasteiger partial charge in [-0.3, -0.25) is 4.79 Å². The molecule has 1 N–H and O–H groups in total. The van der Waals surface area contributed by atoms with E-state index < -0.39 is 0 Å².